The first-order valence-electron chi connectivity index (χ1n) is 11.2. The van der Waals surface area contributed by atoms with Crippen molar-refractivity contribution >= 4 is 41.7 Å². The molecule has 0 aliphatic carbocycles. The van der Waals surface area contributed by atoms with Crippen molar-refractivity contribution in [3.63, 3.8) is 0 Å². The van der Waals surface area contributed by atoms with E-state index in [1.165, 1.54) is 18.4 Å². The molecule has 3 rings (SSSR count). The van der Waals surface area contributed by atoms with Crippen LogP contribution in [0.15, 0.2) is 29.3 Å². The lowest BCUT2D eigenvalue weighted by atomic mass is 9.99. The van der Waals surface area contributed by atoms with Crippen molar-refractivity contribution in [2.24, 2.45) is 4.99 Å². The van der Waals surface area contributed by atoms with Crippen molar-refractivity contribution in [1.82, 2.24) is 15.5 Å². The minimum Gasteiger partial charge on any atom is -0.497 e. The molecule has 0 saturated carbocycles. The van der Waals surface area contributed by atoms with Gasteiger partial charge in [0, 0.05) is 38.1 Å². The Morgan fingerprint density at radius 3 is 2.45 bits per heavy atom. The standard InChI is InChI=1S/C23H38N4O2S.HI/c1-4-30-23(11-15-29-16-12-23)18-26-22(24-2)25-17-21(27-13-5-6-14-27)19-7-9-20(28-3)10-8-19;/h7-10,21H,4-6,11-18H2,1-3H3,(H2,24,25,26);1H. The lowest BCUT2D eigenvalue weighted by Crippen LogP contribution is -2.49. The third-order valence-electron chi connectivity index (χ3n) is 6.20. The summed E-state index contributed by atoms with van der Waals surface area (Å²) in [5, 5.41) is 7.20. The van der Waals surface area contributed by atoms with Gasteiger partial charge in [0.2, 0.25) is 0 Å². The molecule has 0 amide bonds. The fraction of sp³-hybridized carbons (Fsp3) is 0.696. The van der Waals surface area contributed by atoms with Crippen molar-refractivity contribution in [3.05, 3.63) is 29.8 Å². The molecular weight excluding hydrogens is 523 g/mol. The van der Waals surface area contributed by atoms with Crippen LogP contribution in [0.4, 0.5) is 0 Å². The summed E-state index contributed by atoms with van der Waals surface area (Å²) in [5.74, 6) is 2.91. The number of aliphatic imine (C=N–C) groups is 1. The van der Waals surface area contributed by atoms with E-state index in [9.17, 15) is 0 Å². The molecule has 0 bridgehead atoms. The van der Waals surface area contributed by atoms with E-state index in [-0.39, 0.29) is 28.7 Å². The Bertz CT molecular complexity index is 657. The van der Waals surface area contributed by atoms with E-state index in [0.29, 0.717) is 6.04 Å². The summed E-state index contributed by atoms with van der Waals surface area (Å²) in [6, 6.07) is 8.83. The molecule has 2 N–H and O–H groups in total. The molecule has 1 aromatic carbocycles. The Morgan fingerprint density at radius 1 is 1.19 bits per heavy atom. The molecule has 6 nitrogen and oxygen atoms in total. The highest BCUT2D eigenvalue weighted by Gasteiger charge is 2.33. The number of benzene rings is 1. The van der Waals surface area contributed by atoms with E-state index in [0.717, 1.165) is 69.7 Å². The van der Waals surface area contributed by atoms with Crippen LogP contribution in [0.25, 0.3) is 0 Å². The van der Waals surface area contributed by atoms with Crippen LogP contribution in [0, 0.1) is 0 Å². The van der Waals surface area contributed by atoms with Gasteiger partial charge in [-0.25, -0.2) is 0 Å². The van der Waals surface area contributed by atoms with Crippen molar-refractivity contribution in [2.45, 2.75) is 43.4 Å². The third kappa shape index (κ3) is 7.68. The molecular formula is C23H39IN4O2S. The van der Waals surface area contributed by atoms with E-state index >= 15 is 0 Å². The number of guanidine groups is 1. The maximum atomic E-state index is 5.60. The summed E-state index contributed by atoms with van der Waals surface area (Å²) in [6.07, 6.45) is 4.74. The fourth-order valence-corrected chi connectivity index (χ4v) is 5.66. The number of nitrogens with one attached hydrogen (secondary N) is 2. The summed E-state index contributed by atoms with van der Waals surface area (Å²) >= 11 is 2.05. The Labute approximate surface area is 209 Å². The smallest absolute Gasteiger partial charge is 0.191 e. The monoisotopic (exact) mass is 562 g/mol. The zero-order valence-corrected chi connectivity index (χ0v) is 22.3. The van der Waals surface area contributed by atoms with Gasteiger partial charge in [-0.3, -0.25) is 9.89 Å². The van der Waals surface area contributed by atoms with Crippen LogP contribution in [-0.2, 0) is 4.74 Å². The first kappa shape index (κ1) is 26.5. The second-order valence-corrected chi connectivity index (χ2v) is 9.80. The Hall–Kier alpha value is -0.710. The van der Waals surface area contributed by atoms with Gasteiger partial charge in [0.05, 0.1) is 13.2 Å². The van der Waals surface area contributed by atoms with Crippen LogP contribution in [0.5, 0.6) is 5.75 Å². The van der Waals surface area contributed by atoms with Crippen LogP contribution < -0.4 is 15.4 Å². The van der Waals surface area contributed by atoms with Gasteiger partial charge in [-0.05, 0) is 62.2 Å². The van der Waals surface area contributed by atoms with E-state index < -0.39 is 0 Å². The molecule has 1 aromatic rings. The molecule has 1 atom stereocenters. The van der Waals surface area contributed by atoms with Crippen LogP contribution in [0.2, 0.25) is 0 Å². The van der Waals surface area contributed by atoms with E-state index in [2.05, 4.69) is 63.5 Å². The molecule has 0 spiro atoms. The lowest BCUT2D eigenvalue weighted by molar-refractivity contribution is 0.0782. The lowest BCUT2D eigenvalue weighted by Gasteiger charge is -2.37. The quantitative estimate of drug-likeness (QED) is 0.271. The molecule has 176 valence electrons. The minimum atomic E-state index is 0. The van der Waals surface area contributed by atoms with E-state index in [1.807, 2.05) is 7.05 Å². The summed E-state index contributed by atoms with van der Waals surface area (Å²) in [5.41, 5.74) is 1.32. The topological polar surface area (TPSA) is 58.1 Å². The number of thioether (sulfide) groups is 1. The number of hydrogen-bond acceptors (Lipinski definition) is 5. The summed E-state index contributed by atoms with van der Waals surface area (Å²) in [7, 11) is 3.57. The van der Waals surface area contributed by atoms with Crippen molar-refractivity contribution in [2.75, 3.05) is 59.3 Å². The van der Waals surface area contributed by atoms with Gasteiger partial charge in [0.15, 0.2) is 5.96 Å². The summed E-state index contributed by atoms with van der Waals surface area (Å²) < 4.78 is 11.2. The van der Waals surface area contributed by atoms with Crippen molar-refractivity contribution in [1.29, 1.82) is 0 Å². The first-order valence-corrected chi connectivity index (χ1v) is 12.2. The van der Waals surface area contributed by atoms with Gasteiger partial charge in [-0.15, -0.1) is 24.0 Å². The van der Waals surface area contributed by atoms with Gasteiger partial charge < -0.3 is 20.1 Å². The van der Waals surface area contributed by atoms with Gasteiger partial charge in [0.1, 0.15) is 5.75 Å². The van der Waals surface area contributed by atoms with Gasteiger partial charge in [-0.1, -0.05) is 19.1 Å². The molecule has 2 heterocycles. The fourth-order valence-electron chi connectivity index (χ4n) is 4.42. The number of hydrogen-bond donors (Lipinski definition) is 2. The largest absolute Gasteiger partial charge is 0.497 e. The number of rotatable bonds is 9. The Kier molecular flexibility index (Phi) is 11.8. The predicted octanol–water partition coefficient (Wildman–Crippen LogP) is 3.92. The molecule has 8 heteroatoms. The highest BCUT2D eigenvalue weighted by Crippen LogP contribution is 2.34. The van der Waals surface area contributed by atoms with Gasteiger partial charge in [0.25, 0.3) is 0 Å². The van der Waals surface area contributed by atoms with Crippen molar-refractivity contribution < 1.29 is 9.47 Å². The van der Waals surface area contributed by atoms with E-state index in [4.69, 9.17) is 9.47 Å². The van der Waals surface area contributed by atoms with Crippen LogP contribution in [0.1, 0.15) is 44.2 Å². The maximum Gasteiger partial charge on any atom is 0.191 e. The molecule has 2 saturated heterocycles. The average Bonchev–Trinajstić information content (AvgIpc) is 3.32. The molecule has 2 aliphatic heterocycles. The number of methoxy groups -OCH3 is 1. The minimum absolute atomic E-state index is 0. The number of nitrogens with zero attached hydrogens (tertiary/aromatic N) is 2. The van der Waals surface area contributed by atoms with Gasteiger partial charge >= 0.3 is 0 Å². The Morgan fingerprint density at radius 2 is 1.87 bits per heavy atom. The number of halogens is 1. The number of likely N-dealkylation sites (tertiary alicyclic amines) is 1. The van der Waals surface area contributed by atoms with Crippen LogP contribution in [-0.4, -0.2) is 74.9 Å². The molecule has 1 unspecified atom stereocenters. The normalized spacial score (nSPS) is 20.0. The molecule has 2 fully saturated rings. The third-order valence-corrected chi connectivity index (χ3v) is 7.65. The molecule has 0 aromatic heterocycles. The average molecular weight is 563 g/mol. The van der Waals surface area contributed by atoms with Crippen LogP contribution >= 0.6 is 35.7 Å². The highest BCUT2D eigenvalue weighted by atomic mass is 127. The SMILES string of the molecule is CCSC1(CNC(=NC)NCC(c2ccc(OC)cc2)N2CCCC2)CCOCC1.I. The molecule has 2 aliphatic rings. The zero-order valence-electron chi connectivity index (χ0n) is 19.2. The summed E-state index contributed by atoms with van der Waals surface area (Å²) in [4.78, 5) is 7.08. The van der Waals surface area contributed by atoms with Gasteiger partial charge in [-0.2, -0.15) is 11.8 Å². The van der Waals surface area contributed by atoms with E-state index in [1.54, 1.807) is 7.11 Å². The second kappa shape index (κ2) is 13.7. The molecule has 0 radical (unpaired) electrons. The molecule has 31 heavy (non-hydrogen) atoms. The highest BCUT2D eigenvalue weighted by molar-refractivity contribution is 14.0. The zero-order chi connectivity index (χ0) is 21.2. The van der Waals surface area contributed by atoms with Crippen molar-refractivity contribution in [3.8, 4) is 5.75 Å². The number of ether oxygens (including phenoxy) is 2. The summed E-state index contributed by atoms with van der Waals surface area (Å²) in [6.45, 7) is 8.02. The second-order valence-electron chi connectivity index (χ2n) is 8.07. The van der Waals surface area contributed by atoms with Crippen LogP contribution in [0.3, 0.4) is 0 Å². The first-order chi connectivity index (χ1) is 14.7. The Balaban J connectivity index is 0.00000341. The predicted molar refractivity (Wildman–Crippen MR) is 142 cm³/mol. The maximum absolute atomic E-state index is 5.60.